The predicted octanol–water partition coefficient (Wildman–Crippen LogP) is 2.90. The topological polar surface area (TPSA) is 64.7 Å². The molecule has 0 saturated carbocycles. The number of hydrazine groups is 1. The third kappa shape index (κ3) is 4.01. The maximum absolute atomic E-state index is 13.3. The van der Waals surface area contributed by atoms with Gasteiger partial charge in [-0.15, -0.1) is 6.58 Å². The van der Waals surface area contributed by atoms with Crippen LogP contribution in [0.5, 0.6) is 0 Å². The average Bonchev–Trinajstić information content (AvgIpc) is 3.04. The van der Waals surface area contributed by atoms with E-state index in [4.69, 9.17) is 0 Å². The number of hydrogen-bond donors (Lipinski definition) is 2. The van der Waals surface area contributed by atoms with Crippen LogP contribution in [-0.2, 0) is 9.59 Å². The molecule has 2 aliphatic heterocycles. The number of carbonyl (C=O) groups is 2. The van der Waals surface area contributed by atoms with Crippen LogP contribution in [0.2, 0.25) is 0 Å². The van der Waals surface area contributed by atoms with Crippen LogP contribution in [0, 0.1) is 25.7 Å². The third-order valence-corrected chi connectivity index (χ3v) is 5.82. The number of likely N-dealkylation sites (tertiary alicyclic amines) is 1. The normalized spacial score (nSPS) is 23.9. The highest BCUT2D eigenvalue weighted by molar-refractivity contribution is 6.00. The number of hydrogen-bond acceptors (Lipinski definition) is 4. The molecule has 0 spiro atoms. The fourth-order valence-corrected chi connectivity index (χ4v) is 4.57. The van der Waals surface area contributed by atoms with Crippen LogP contribution in [0.25, 0.3) is 0 Å². The summed E-state index contributed by atoms with van der Waals surface area (Å²) in [5.41, 5.74) is 7.12. The van der Waals surface area contributed by atoms with E-state index in [0.29, 0.717) is 19.6 Å². The minimum atomic E-state index is -0.359. The second-order valence-electron chi connectivity index (χ2n) is 8.25. The number of benzene rings is 2. The second kappa shape index (κ2) is 8.42. The second-order valence-corrected chi connectivity index (χ2v) is 8.25. The van der Waals surface area contributed by atoms with Crippen molar-refractivity contribution < 1.29 is 9.59 Å². The lowest BCUT2D eigenvalue weighted by Gasteiger charge is -2.37. The van der Waals surface area contributed by atoms with Gasteiger partial charge in [0.1, 0.15) is 0 Å². The highest BCUT2D eigenvalue weighted by Crippen LogP contribution is 2.32. The van der Waals surface area contributed by atoms with Gasteiger partial charge in [0, 0.05) is 25.3 Å². The Labute approximate surface area is 177 Å². The van der Waals surface area contributed by atoms with Crippen molar-refractivity contribution in [2.24, 2.45) is 11.8 Å². The van der Waals surface area contributed by atoms with Crippen molar-refractivity contribution >= 4 is 23.2 Å². The Balaban J connectivity index is 1.59. The van der Waals surface area contributed by atoms with Crippen molar-refractivity contribution in [3.63, 3.8) is 0 Å². The van der Waals surface area contributed by atoms with E-state index in [2.05, 4.69) is 28.3 Å². The molecule has 2 amide bonds. The summed E-state index contributed by atoms with van der Waals surface area (Å²) in [5.74, 6) is -0.709. The lowest BCUT2D eigenvalue weighted by atomic mass is 9.84. The Morgan fingerprint density at radius 1 is 1.17 bits per heavy atom. The Morgan fingerprint density at radius 2 is 1.87 bits per heavy atom. The smallest absolute Gasteiger partial charge is 0.247 e. The van der Waals surface area contributed by atoms with Crippen molar-refractivity contribution in [3.05, 3.63) is 72.3 Å². The maximum atomic E-state index is 13.3. The predicted molar refractivity (Wildman–Crippen MR) is 119 cm³/mol. The van der Waals surface area contributed by atoms with Crippen LogP contribution in [0.4, 0.5) is 11.4 Å². The first kappa shape index (κ1) is 20.3. The summed E-state index contributed by atoms with van der Waals surface area (Å²) in [6, 6.07) is 15.3. The maximum Gasteiger partial charge on any atom is 0.247 e. The van der Waals surface area contributed by atoms with E-state index in [-0.39, 0.29) is 29.7 Å². The minimum Gasteiger partial charge on any atom is -0.326 e. The van der Waals surface area contributed by atoms with Crippen LogP contribution in [0.3, 0.4) is 0 Å². The van der Waals surface area contributed by atoms with Crippen LogP contribution < -0.4 is 15.8 Å². The summed E-state index contributed by atoms with van der Waals surface area (Å²) in [6.45, 7) is 9.69. The summed E-state index contributed by atoms with van der Waals surface area (Å²) in [5, 5.41) is 4.68. The number of amides is 2. The average molecular weight is 405 g/mol. The van der Waals surface area contributed by atoms with Crippen molar-refractivity contribution in [1.29, 1.82) is 0 Å². The summed E-state index contributed by atoms with van der Waals surface area (Å²) < 4.78 is 0. The van der Waals surface area contributed by atoms with Gasteiger partial charge in [0.15, 0.2) is 0 Å². The molecule has 2 aromatic rings. The van der Waals surface area contributed by atoms with Crippen molar-refractivity contribution in [3.8, 4) is 0 Å². The highest BCUT2D eigenvalue weighted by atomic mass is 16.2. The molecule has 2 fully saturated rings. The molecule has 0 bridgehead atoms. The fraction of sp³-hybridized carbons (Fsp3) is 0.333. The zero-order chi connectivity index (χ0) is 21.3. The number of nitrogens with zero attached hydrogens (tertiary/aromatic N) is 2. The molecule has 2 heterocycles. The largest absolute Gasteiger partial charge is 0.326 e. The number of fused-ring (bicyclic) bond motifs is 1. The van der Waals surface area contributed by atoms with Gasteiger partial charge in [-0.3, -0.25) is 14.5 Å². The van der Waals surface area contributed by atoms with Crippen molar-refractivity contribution in [2.45, 2.75) is 19.9 Å². The van der Waals surface area contributed by atoms with E-state index < -0.39 is 0 Å². The number of piperidine rings is 1. The molecule has 6 nitrogen and oxygen atoms in total. The van der Waals surface area contributed by atoms with Crippen LogP contribution >= 0.6 is 0 Å². The van der Waals surface area contributed by atoms with Gasteiger partial charge >= 0.3 is 0 Å². The number of nitrogens with one attached hydrogen (secondary N) is 2. The quantitative estimate of drug-likeness (QED) is 0.752. The van der Waals surface area contributed by atoms with E-state index in [1.807, 2.05) is 62.4 Å². The molecule has 156 valence electrons. The van der Waals surface area contributed by atoms with Gasteiger partial charge in [-0.2, -0.15) is 0 Å². The molecule has 4 rings (SSSR count). The first-order chi connectivity index (χ1) is 14.5. The first-order valence-corrected chi connectivity index (χ1v) is 10.3. The third-order valence-electron chi connectivity index (χ3n) is 5.82. The highest BCUT2D eigenvalue weighted by Gasteiger charge is 2.50. The lowest BCUT2D eigenvalue weighted by molar-refractivity contribution is -0.125. The van der Waals surface area contributed by atoms with E-state index in [9.17, 15) is 9.59 Å². The van der Waals surface area contributed by atoms with Gasteiger partial charge in [0.25, 0.3) is 0 Å². The van der Waals surface area contributed by atoms with E-state index >= 15 is 0 Å². The standard InChI is InChI=1S/C24H28N4O2/c1-4-10-27-14-20(23(29)25-18-12-16(2)11-17(3)13-18)22-21(15-27)24(30)28(26-22)19-8-6-5-7-9-19/h4-9,11-13,20-22,26H,1,10,14-15H2,2-3H3,(H,25,29). The van der Waals surface area contributed by atoms with Gasteiger partial charge in [-0.1, -0.05) is 30.3 Å². The molecule has 0 aliphatic carbocycles. The fourth-order valence-electron chi connectivity index (χ4n) is 4.57. The van der Waals surface area contributed by atoms with Gasteiger partial charge in [-0.05, 0) is 49.2 Å². The van der Waals surface area contributed by atoms with Gasteiger partial charge < -0.3 is 5.32 Å². The SMILES string of the molecule is C=CCN1CC(C(=O)Nc2cc(C)cc(C)c2)C2NN(c3ccccc3)C(=O)C2C1. The monoisotopic (exact) mass is 404 g/mol. The Bertz CT molecular complexity index is 939. The van der Waals surface area contributed by atoms with E-state index in [0.717, 1.165) is 22.5 Å². The summed E-state index contributed by atoms with van der Waals surface area (Å²) >= 11 is 0. The molecule has 6 heteroatoms. The number of para-hydroxylation sites is 1. The van der Waals surface area contributed by atoms with Gasteiger partial charge in [0.2, 0.25) is 11.8 Å². The van der Waals surface area contributed by atoms with E-state index in [1.165, 1.54) is 0 Å². The van der Waals surface area contributed by atoms with Gasteiger partial charge in [-0.25, -0.2) is 10.4 Å². The zero-order valence-corrected chi connectivity index (χ0v) is 17.5. The molecule has 2 N–H and O–H groups in total. The minimum absolute atomic E-state index is 0.00385. The summed E-state index contributed by atoms with van der Waals surface area (Å²) in [4.78, 5) is 28.6. The van der Waals surface area contributed by atoms with Crippen LogP contribution in [0.15, 0.2) is 61.2 Å². The zero-order valence-electron chi connectivity index (χ0n) is 17.5. The van der Waals surface area contributed by atoms with Crippen molar-refractivity contribution in [2.75, 3.05) is 30.0 Å². The summed E-state index contributed by atoms with van der Waals surface area (Å²) in [7, 11) is 0. The Morgan fingerprint density at radius 3 is 2.53 bits per heavy atom. The molecule has 2 aliphatic rings. The van der Waals surface area contributed by atoms with Crippen molar-refractivity contribution in [1.82, 2.24) is 10.3 Å². The molecular weight excluding hydrogens is 376 g/mol. The molecule has 0 aromatic heterocycles. The molecule has 0 radical (unpaired) electrons. The lowest BCUT2D eigenvalue weighted by Crippen LogP contribution is -2.56. The number of anilines is 2. The van der Waals surface area contributed by atoms with Crippen LogP contribution in [-0.4, -0.2) is 42.4 Å². The number of aryl methyl sites for hydroxylation is 2. The Hall–Kier alpha value is -2.96. The first-order valence-electron chi connectivity index (χ1n) is 10.3. The number of rotatable bonds is 5. The number of carbonyl (C=O) groups excluding carboxylic acids is 2. The van der Waals surface area contributed by atoms with Crippen LogP contribution in [0.1, 0.15) is 11.1 Å². The summed E-state index contributed by atoms with van der Waals surface area (Å²) in [6.07, 6.45) is 1.82. The molecular formula is C24H28N4O2. The molecule has 2 saturated heterocycles. The molecule has 30 heavy (non-hydrogen) atoms. The molecule has 2 aromatic carbocycles. The molecule has 3 atom stereocenters. The van der Waals surface area contributed by atoms with E-state index in [1.54, 1.807) is 5.01 Å². The molecule has 3 unspecified atom stereocenters. The Kier molecular flexibility index (Phi) is 5.70. The van der Waals surface area contributed by atoms with Gasteiger partial charge in [0.05, 0.1) is 23.6 Å².